The minimum atomic E-state index is -0.891. The van der Waals surface area contributed by atoms with E-state index in [9.17, 15) is 15.0 Å². The van der Waals surface area contributed by atoms with E-state index in [1.54, 1.807) is 7.11 Å². The van der Waals surface area contributed by atoms with Gasteiger partial charge in [-0.2, -0.15) is 0 Å². The summed E-state index contributed by atoms with van der Waals surface area (Å²) in [6.45, 7) is 4.61. The van der Waals surface area contributed by atoms with Crippen LogP contribution in [-0.4, -0.2) is 74.1 Å². The first-order valence-electron chi connectivity index (χ1n) is 11.4. The Hall–Kier alpha value is -1.25. The molecule has 1 aliphatic carbocycles. The molecule has 2 N–H and O–H groups in total. The molecule has 31 heavy (non-hydrogen) atoms. The molecular weight excluding hydrogens is 400 g/mol. The van der Waals surface area contributed by atoms with Gasteiger partial charge in [-0.1, -0.05) is 25.2 Å². The summed E-state index contributed by atoms with van der Waals surface area (Å²) < 4.78 is 22.7. The molecular formula is C24H38O7. The van der Waals surface area contributed by atoms with Gasteiger partial charge in [-0.3, -0.25) is 4.79 Å². The summed E-state index contributed by atoms with van der Waals surface area (Å²) >= 11 is 0. The highest BCUT2D eigenvalue weighted by atomic mass is 16.6. The third kappa shape index (κ3) is 5.96. The normalized spacial score (nSPS) is 41.7. The molecule has 7 nitrogen and oxygen atoms in total. The van der Waals surface area contributed by atoms with Gasteiger partial charge in [0.05, 0.1) is 31.5 Å². The minimum Gasteiger partial charge on any atom is -0.459 e. The van der Waals surface area contributed by atoms with Gasteiger partial charge in [0.25, 0.3) is 0 Å². The summed E-state index contributed by atoms with van der Waals surface area (Å²) in [4.78, 5) is 12.5. The molecule has 0 aromatic heterocycles. The maximum Gasteiger partial charge on any atom is 0.306 e. The van der Waals surface area contributed by atoms with Crippen molar-refractivity contribution < 1.29 is 34.0 Å². The first-order valence-corrected chi connectivity index (χ1v) is 11.4. The SMILES string of the molecule is COCC(O)C1OC(=O)CCC2C=C[C@@H]3CC(O)[C@@H](COC)CC3O[C@H]2/C(C)=C/C1C. The number of aliphatic hydroxyl groups excluding tert-OH is 2. The lowest BCUT2D eigenvalue weighted by Gasteiger charge is -2.39. The van der Waals surface area contributed by atoms with E-state index in [0.29, 0.717) is 19.4 Å². The number of hydrogen-bond acceptors (Lipinski definition) is 7. The maximum atomic E-state index is 12.5. The Morgan fingerprint density at radius 1 is 1.19 bits per heavy atom. The van der Waals surface area contributed by atoms with Gasteiger partial charge in [0, 0.05) is 44.3 Å². The Bertz CT molecular complexity index is 660. The Morgan fingerprint density at radius 3 is 2.65 bits per heavy atom. The van der Waals surface area contributed by atoms with Crippen LogP contribution in [-0.2, 0) is 23.7 Å². The number of cyclic esters (lactones) is 1. The van der Waals surface area contributed by atoms with E-state index in [1.165, 1.54) is 7.11 Å². The molecule has 176 valence electrons. The molecule has 0 aromatic rings. The third-order valence-corrected chi connectivity index (χ3v) is 6.93. The van der Waals surface area contributed by atoms with Gasteiger partial charge in [-0.05, 0) is 31.8 Å². The quantitative estimate of drug-likeness (QED) is 0.502. The zero-order valence-corrected chi connectivity index (χ0v) is 19.1. The molecule has 1 fully saturated rings. The Morgan fingerprint density at radius 2 is 1.94 bits per heavy atom. The molecule has 0 amide bonds. The summed E-state index contributed by atoms with van der Waals surface area (Å²) in [5.74, 6) is -0.241. The van der Waals surface area contributed by atoms with Crippen molar-refractivity contribution in [1.29, 1.82) is 0 Å². The number of rotatable bonds is 5. The highest BCUT2D eigenvalue weighted by molar-refractivity contribution is 5.69. The van der Waals surface area contributed by atoms with E-state index in [0.717, 1.165) is 12.0 Å². The van der Waals surface area contributed by atoms with E-state index in [4.69, 9.17) is 18.9 Å². The average molecular weight is 439 g/mol. The van der Waals surface area contributed by atoms with Gasteiger partial charge >= 0.3 is 5.97 Å². The molecule has 1 saturated carbocycles. The summed E-state index contributed by atoms with van der Waals surface area (Å²) in [7, 11) is 3.17. The van der Waals surface area contributed by atoms with Crippen LogP contribution in [0.4, 0.5) is 0 Å². The number of carbonyl (C=O) groups excluding carboxylic acids is 1. The second-order valence-corrected chi connectivity index (χ2v) is 9.35. The van der Waals surface area contributed by atoms with Gasteiger partial charge in [-0.15, -0.1) is 0 Å². The molecule has 7 heteroatoms. The molecule has 2 aliphatic heterocycles. The van der Waals surface area contributed by atoms with Crippen LogP contribution in [0.1, 0.15) is 39.5 Å². The molecule has 0 bridgehead atoms. The fraction of sp³-hybridized carbons (Fsp3) is 0.792. The zero-order valence-electron chi connectivity index (χ0n) is 19.1. The molecule has 3 rings (SSSR count). The Balaban J connectivity index is 1.85. The predicted molar refractivity (Wildman–Crippen MR) is 115 cm³/mol. The molecule has 2 heterocycles. The van der Waals surface area contributed by atoms with Crippen molar-refractivity contribution in [3.63, 3.8) is 0 Å². The van der Waals surface area contributed by atoms with Crippen molar-refractivity contribution in [3.8, 4) is 0 Å². The number of methoxy groups -OCH3 is 2. The summed E-state index contributed by atoms with van der Waals surface area (Å²) in [6, 6.07) is 0. The van der Waals surface area contributed by atoms with E-state index in [-0.39, 0.29) is 54.9 Å². The van der Waals surface area contributed by atoms with Crippen LogP contribution in [0.3, 0.4) is 0 Å². The Kier molecular flexibility index (Phi) is 8.70. The third-order valence-electron chi connectivity index (χ3n) is 6.93. The van der Waals surface area contributed by atoms with Gasteiger partial charge in [0.2, 0.25) is 0 Å². The molecule has 9 atom stereocenters. The zero-order chi connectivity index (χ0) is 22.5. The molecule has 3 aliphatic rings. The van der Waals surface area contributed by atoms with Crippen molar-refractivity contribution >= 4 is 5.97 Å². The van der Waals surface area contributed by atoms with E-state index >= 15 is 0 Å². The van der Waals surface area contributed by atoms with E-state index in [1.807, 2.05) is 6.92 Å². The maximum absolute atomic E-state index is 12.5. The first kappa shape index (κ1) is 24.4. The van der Waals surface area contributed by atoms with Crippen LogP contribution < -0.4 is 0 Å². The van der Waals surface area contributed by atoms with Crippen molar-refractivity contribution in [2.75, 3.05) is 27.4 Å². The molecule has 0 aromatic carbocycles. The summed E-state index contributed by atoms with van der Waals surface area (Å²) in [5.41, 5.74) is 1.07. The largest absolute Gasteiger partial charge is 0.459 e. The van der Waals surface area contributed by atoms with Crippen LogP contribution in [0.15, 0.2) is 23.8 Å². The number of fused-ring (bicyclic) bond motifs is 2. The first-order chi connectivity index (χ1) is 14.8. The summed E-state index contributed by atoms with van der Waals surface area (Å²) in [6.07, 6.45) is 6.53. The number of ether oxygens (including phenoxy) is 4. The monoisotopic (exact) mass is 438 g/mol. The number of aliphatic hydroxyl groups is 2. The van der Waals surface area contributed by atoms with E-state index < -0.39 is 18.3 Å². The second kappa shape index (κ2) is 11.1. The van der Waals surface area contributed by atoms with Crippen molar-refractivity contribution in [2.24, 2.45) is 23.7 Å². The van der Waals surface area contributed by atoms with Crippen LogP contribution >= 0.6 is 0 Å². The van der Waals surface area contributed by atoms with Gasteiger partial charge < -0.3 is 29.2 Å². The smallest absolute Gasteiger partial charge is 0.306 e. The van der Waals surface area contributed by atoms with Gasteiger partial charge in [-0.25, -0.2) is 0 Å². The average Bonchev–Trinajstić information content (AvgIpc) is 2.89. The van der Waals surface area contributed by atoms with Crippen LogP contribution in [0, 0.1) is 23.7 Å². The van der Waals surface area contributed by atoms with Crippen LogP contribution in [0.25, 0.3) is 0 Å². The Labute approximate surface area is 185 Å². The fourth-order valence-corrected chi connectivity index (χ4v) is 5.28. The topological polar surface area (TPSA) is 94.5 Å². The van der Waals surface area contributed by atoms with Crippen molar-refractivity contribution in [3.05, 3.63) is 23.8 Å². The van der Waals surface area contributed by atoms with Crippen molar-refractivity contribution in [1.82, 2.24) is 0 Å². The van der Waals surface area contributed by atoms with Gasteiger partial charge in [0.15, 0.2) is 0 Å². The molecule has 0 radical (unpaired) electrons. The minimum absolute atomic E-state index is 0.00164. The lowest BCUT2D eigenvalue weighted by molar-refractivity contribution is -0.161. The predicted octanol–water partition coefficient (Wildman–Crippen LogP) is 2.25. The molecule has 6 unspecified atom stereocenters. The van der Waals surface area contributed by atoms with E-state index in [2.05, 4.69) is 25.2 Å². The number of esters is 1. The number of hydrogen-bond donors (Lipinski definition) is 2. The highest BCUT2D eigenvalue weighted by Gasteiger charge is 2.41. The standard InChI is InChI=1S/C24H38O7/c1-14-9-15(2)24(20(26)13-29-4)31-22(27)8-7-16-5-6-17-10-19(25)18(12-28-3)11-21(17)30-23(14)16/h5-6,9,15-21,23-26H,7-8,10-13H2,1-4H3/b14-9+/t15?,16?,17-,18-,19?,20?,21?,23+,24?/m1/s1. The van der Waals surface area contributed by atoms with Gasteiger partial charge in [0.1, 0.15) is 12.2 Å². The second-order valence-electron chi connectivity index (χ2n) is 9.35. The summed E-state index contributed by atoms with van der Waals surface area (Å²) in [5, 5.41) is 21.0. The van der Waals surface area contributed by atoms with Crippen LogP contribution in [0.5, 0.6) is 0 Å². The molecule has 0 saturated heterocycles. The fourth-order valence-electron chi connectivity index (χ4n) is 5.28. The van der Waals surface area contributed by atoms with Crippen LogP contribution in [0.2, 0.25) is 0 Å². The lowest BCUT2D eigenvalue weighted by Crippen LogP contribution is -2.43. The lowest BCUT2D eigenvalue weighted by atomic mass is 9.78. The highest BCUT2D eigenvalue weighted by Crippen LogP contribution is 2.39. The molecule has 0 spiro atoms. The van der Waals surface area contributed by atoms with Crippen molar-refractivity contribution in [2.45, 2.75) is 70.1 Å². The number of carbonyl (C=O) groups is 1.